The van der Waals surface area contributed by atoms with E-state index in [1.165, 1.54) is 0 Å². The molecule has 3 rings (SSSR count). The standard InChI is InChI=1S/C27H27Cl3N2O2/c1-2-13-31-27(34)25(15-19-7-4-3-5-8-19)32(18-20-9-6-10-22(28)14-20)26(33)16-21-11-12-23(29)17-24(21)30/h3-12,14,17,25H,2,13,15-16,18H2,1H3,(H,31,34). The van der Waals surface area contributed by atoms with Crippen molar-refractivity contribution in [3.8, 4) is 0 Å². The Morgan fingerprint density at radius 3 is 2.26 bits per heavy atom. The largest absolute Gasteiger partial charge is 0.354 e. The zero-order chi connectivity index (χ0) is 24.5. The molecule has 0 aliphatic carbocycles. The number of nitrogens with zero attached hydrogens (tertiary/aromatic N) is 1. The Balaban J connectivity index is 1.97. The number of rotatable bonds is 10. The van der Waals surface area contributed by atoms with Gasteiger partial charge in [0.15, 0.2) is 0 Å². The van der Waals surface area contributed by atoms with Gasteiger partial charge in [-0.3, -0.25) is 9.59 Å². The van der Waals surface area contributed by atoms with E-state index >= 15 is 0 Å². The number of hydrogen-bond donors (Lipinski definition) is 1. The molecule has 3 aromatic carbocycles. The summed E-state index contributed by atoms with van der Waals surface area (Å²) in [5.41, 5.74) is 2.46. The summed E-state index contributed by atoms with van der Waals surface area (Å²) >= 11 is 18.6. The van der Waals surface area contributed by atoms with Crippen molar-refractivity contribution in [3.63, 3.8) is 0 Å². The van der Waals surface area contributed by atoms with E-state index in [2.05, 4.69) is 5.32 Å². The van der Waals surface area contributed by atoms with Crippen LogP contribution in [0.1, 0.15) is 30.0 Å². The fourth-order valence-corrected chi connectivity index (χ4v) is 4.37. The van der Waals surface area contributed by atoms with Crippen LogP contribution >= 0.6 is 34.8 Å². The number of carbonyl (C=O) groups is 2. The molecule has 2 amide bonds. The van der Waals surface area contributed by atoms with E-state index < -0.39 is 6.04 Å². The van der Waals surface area contributed by atoms with Crippen molar-refractivity contribution in [2.24, 2.45) is 0 Å². The third-order valence-electron chi connectivity index (χ3n) is 5.42. The summed E-state index contributed by atoms with van der Waals surface area (Å²) in [4.78, 5) is 28.6. The summed E-state index contributed by atoms with van der Waals surface area (Å²) in [5.74, 6) is -0.403. The third kappa shape index (κ3) is 7.49. The smallest absolute Gasteiger partial charge is 0.243 e. The van der Waals surface area contributed by atoms with Crippen LogP contribution in [0.3, 0.4) is 0 Å². The van der Waals surface area contributed by atoms with Gasteiger partial charge in [-0.25, -0.2) is 0 Å². The van der Waals surface area contributed by atoms with E-state index in [1.54, 1.807) is 35.2 Å². The zero-order valence-electron chi connectivity index (χ0n) is 18.9. The molecule has 178 valence electrons. The Bertz CT molecular complexity index is 1120. The van der Waals surface area contributed by atoms with Gasteiger partial charge in [-0.1, -0.05) is 90.3 Å². The lowest BCUT2D eigenvalue weighted by Crippen LogP contribution is -2.51. The Morgan fingerprint density at radius 2 is 1.59 bits per heavy atom. The molecule has 4 nitrogen and oxygen atoms in total. The second-order valence-electron chi connectivity index (χ2n) is 8.06. The Morgan fingerprint density at radius 1 is 0.882 bits per heavy atom. The first kappa shape index (κ1) is 26.1. The highest BCUT2D eigenvalue weighted by Gasteiger charge is 2.30. The molecule has 3 aromatic rings. The van der Waals surface area contributed by atoms with E-state index in [1.807, 2.05) is 49.4 Å². The van der Waals surface area contributed by atoms with Gasteiger partial charge in [-0.05, 0) is 47.4 Å². The predicted octanol–water partition coefficient (Wildman–Crippen LogP) is 6.36. The van der Waals surface area contributed by atoms with E-state index in [9.17, 15) is 9.59 Å². The molecule has 1 atom stereocenters. The molecule has 0 heterocycles. The number of halogens is 3. The monoisotopic (exact) mass is 516 g/mol. The number of carbonyl (C=O) groups excluding carboxylic acids is 2. The molecule has 0 radical (unpaired) electrons. The molecule has 0 bridgehead atoms. The van der Waals surface area contributed by atoms with Crippen LogP contribution in [-0.2, 0) is 29.0 Å². The molecule has 1 unspecified atom stereocenters. The van der Waals surface area contributed by atoms with Crippen LogP contribution in [0.5, 0.6) is 0 Å². The minimum Gasteiger partial charge on any atom is -0.354 e. The molecule has 0 fully saturated rings. The first-order valence-electron chi connectivity index (χ1n) is 11.2. The summed E-state index contributed by atoms with van der Waals surface area (Å²) in [5, 5.41) is 4.45. The normalized spacial score (nSPS) is 11.6. The summed E-state index contributed by atoms with van der Waals surface area (Å²) < 4.78 is 0. The van der Waals surface area contributed by atoms with Gasteiger partial charge in [0.2, 0.25) is 11.8 Å². The lowest BCUT2D eigenvalue weighted by atomic mass is 10.0. The molecule has 1 N–H and O–H groups in total. The fourth-order valence-electron chi connectivity index (χ4n) is 3.68. The minimum absolute atomic E-state index is 0.0446. The zero-order valence-corrected chi connectivity index (χ0v) is 21.2. The van der Waals surface area contributed by atoms with Crippen molar-refractivity contribution in [1.82, 2.24) is 10.2 Å². The molecule has 0 aliphatic heterocycles. The minimum atomic E-state index is -0.702. The summed E-state index contributed by atoms with van der Waals surface area (Å²) in [7, 11) is 0. The van der Waals surface area contributed by atoms with Gasteiger partial charge < -0.3 is 10.2 Å². The highest BCUT2D eigenvalue weighted by molar-refractivity contribution is 6.35. The second kappa shape index (κ2) is 12.8. The van der Waals surface area contributed by atoms with Gasteiger partial charge >= 0.3 is 0 Å². The Hall–Kier alpha value is -2.53. The Labute approximate surface area is 215 Å². The lowest BCUT2D eigenvalue weighted by Gasteiger charge is -2.32. The topological polar surface area (TPSA) is 49.4 Å². The molecule has 0 saturated carbocycles. The van der Waals surface area contributed by atoms with Gasteiger partial charge in [-0.2, -0.15) is 0 Å². The molecule has 0 spiro atoms. The van der Waals surface area contributed by atoms with Gasteiger partial charge in [0.25, 0.3) is 0 Å². The first-order chi connectivity index (χ1) is 16.4. The molecular formula is C27H27Cl3N2O2. The maximum absolute atomic E-state index is 13.7. The number of nitrogens with one attached hydrogen (secondary N) is 1. The number of hydrogen-bond acceptors (Lipinski definition) is 2. The third-order valence-corrected chi connectivity index (χ3v) is 6.24. The molecular weight excluding hydrogens is 491 g/mol. The summed E-state index contributed by atoms with van der Waals surface area (Å²) in [6.45, 7) is 2.76. The summed E-state index contributed by atoms with van der Waals surface area (Å²) in [6, 6.07) is 21.3. The second-order valence-corrected chi connectivity index (χ2v) is 9.34. The van der Waals surface area contributed by atoms with Crippen LogP contribution in [0, 0.1) is 0 Å². The number of benzene rings is 3. The SMILES string of the molecule is CCCNC(=O)C(Cc1ccccc1)N(Cc1cccc(Cl)c1)C(=O)Cc1ccc(Cl)cc1Cl. The maximum Gasteiger partial charge on any atom is 0.243 e. The van der Waals surface area contributed by atoms with Gasteiger partial charge in [0.05, 0.1) is 6.42 Å². The van der Waals surface area contributed by atoms with Crippen molar-refractivity contribution in [3.05, 3.63) is 105 Å². The first-order valence-corrected chi connectivity index (χ1v) is 12.3. The van der Waals surface area contributed by atoms with Crippen molar-refractivity contribution in [2.45, 2.75) is 38.8 Å². The van der Waals surface area contributed by atoms with Crippen LogP contribution in [0.2, 0.25) is 15.1 Å². The quantitative estimate of drug-likeness (QED) is 0.340. The molecule has 7 heteroatoms. The van der Waals surface area contributed by atoms with E-state index in [4.69, 9.17) is 34.8 Å². The summed E-state index contributed by atoms with van der Waals surface area (Å²) in [6.07, 6.45) is 1.23. The molecule has 34 heavy (non-hydrogen) atoms. The maximum atomic E-state index is 13.7. The van der Waals surface area contributed by atoms with Crippen molar-refractivity contribution < 1.29 is 9.59 Å². The van der Waals surface area contributed by atoms with E-state index in [0.29, 0.717) is 33.6 Å². The van der Waals surface area contributed by atoms with Crippen molar-refractivity contribution in [2.75, 3.05) is 6.54 Å². The molecule has 0 aromatic heterocycles. The highest BCUT2D eigenvalue weighted by Crippen LogP contribution is 2.24. The van der Waals surface area contributed by atoms with E-state index in [0.717, 1.165) is 17.5 Å². The average Bonchev–Trinajstić information content (AvgIpc) is 2.82. The van der Waals surface area contributed by atoms with Crippen molar-refractivity contribution in [1.29, 1.82) is 0 Å². The molecule has 0 aliphatic rings. The van der Waals surface area contributed by atoms with Crippen LogP contribution in [0.15, 0.2) is 72.8 Å². The average molecular weight is 518 g/mol. The fraction of sp³-hybridized carbons (Fsp3) is 0.259. The van der Waals surface area contributed by atoms with Crippen LogP contribution in [0.4, 0.5) is 0 Å². The van der Waals surface area contributed by atoms with Gasteiger partial charge in [-0.15, -0.1) is 0 Å². The number of amides is 2. The van der Waals surface area contributed by atoms with Crippen LogP contribution in [0.25, 0.3) is 0 Å². The van der Waals surface area contributed by atoms with Crippen LogP contribution < -0.4 is 5.32 Å². The molecule has 0 saturated heterocycles. The predicted molar refractivity (Wildman–Crippen MR) is 139 cm³/mol. The van der Waals surface area contributed by atoms with Gasteiger partial charge in [0, 0.05) is 34.6 Å². The van der Waals surface area contributed by atoms with Crippen LogP contribution in [-0.4, -0.2) is 29.3 Å². The van der Waals surface area contributed by atoms with E-state index in [-0.39, 0.29) is 24.8 Å². The van der Waals surface area contributed by atoms with Crippen molar-refractivity contribution >= 4 is 46.6 Å². The Kier molecular flexibility index (Phi) is 9.82. The lowest BCUT2D eigenvalue weighted by molar-refractivity contribution is -0.140. The van der Waals surface area contributed by atoms with Gasteiger partial charge in [0.1, 0.15) is 6.04 Å². The highest BCUT2D eigenvalue weighted by atomic mass is 35.5.